The summed E-state index contributed by atoms with van der Waals surface area (Å²) in [5.41, 5.74) is 9.58. The Bertz CT molecular complexity index is 1000. The number of amides is 1. The van der Waals surface area contributed by atoms with E-state index >= 15 is 0 Å². The number of nitrogens with zero attached hydrogens (tertiary/aromatic N) is 4. The number of rotatable bonds is 3. The van der Waals surface area contributed by atoms with Crippen LogP contribution >= 0.6 is 11.8 Å². The molecule has 1 amide bonds. The highest BCUT2D eigenvalue weighted by atomic mass is 32.2. The van der Waals surface area contributed by atoms with Crippen molar-refractivity contribution in [3.05, 3.63) is 48.0 Å². The Hall–Kier alpha value is -2.54. The van der Waals surface area contributed by atoms with Gasteiger partial charge in [0.05, 0.1) is 5.88 Å². The average molecular weight is 379 g/mol. The molecule has 5 rings (SSSR count). The van der Waals surface area contributed by atoms with Crippen molar-refractivity contribution in [2.45, 2.75) is 25.2 Å². The lowest BCUT2D eigenvalue weighted by atomic mass is 9.85. The van der Waals surface area contributed by atoms with E-state index in [4.69, 9.17) is 10.7 Å². The lowest BCUT2D eigenvalue weighted by molar-refractivity contribution is 0.0803. The van der Waals surface area contributed by atoms with E-state index in [0.717, 1.165) is 46.3 Å². The molecule has 6 nitrogen and oxygen atoms in total. The molecule has 2 fully saturated rings. The number of benzene rings is 1. The molecular weight excluding hydrogens is 358 g/mol. The summed E-state index contributed by atoms with van der Waals surface area (Å²) in [4.78, 5) is 23.7. The van der Waals surface area contributed by atoms with E-state index < -0.39 is 0 Å². The third kappa shape index (κ3) is 2.77. The minimum absolute atomic E-state index is 0.0950. The molecule has 1 aliphatic carbocycles. The maximum atomic E-state index is 12.6. The van der Waals surface area contributed by atoms with Crippen molar-refractivity contribution in [3.63, 3.8) is 0 Å². The van der Waals surface area contributed by atoms with Crippen LogP contribution in [-0.2, 0) is 0 Å². The predicted octanol–water partition coefficient (Wildman–Crippen LogP) is 3.39. The van der Waals surface area contributed by atoms with E-state index in [0.29, 0.717) is 11.7 Å². The summed E-state index contributed by atoms with van der Waals surface area (Å²) in [6, 6.07) is 7.72. The van der Waals surface area contributed by atoms with Gasteiger partial charge in [-0.05, 0) is 25.0 Å². The molecule has 3 heterocycles. The van der Waals surface area contributed by atoms with Gasteiger partial charge in [-0.3, -0.25) is 9.20 Å². The first-order valence-electron chi connectivity index (χ1n) is 9.32. The van der Waals surface area contributed by atoms with Crippen LogP contribution in [0, 0.1) is 0 Å². The second-order valence-corrected chi connectivity index (χ2v) is 8.24. The van der Waals surface area contributed by atoms with Gasteiger partial charge in [0.25, 0.3) is 5.91 Å². The topological polar surface area (TPSA) is 76.5 Å². The van der Waals surface area contributed by atoms with Crippen molar-refractivity contribution in [1.29, 1.82) is 0 Å². The zero-order chi connectivity index (χ0) is 18.4. The molecular formula is C20H21N5OS. The van der Waals surface area contributed by atoms with Crippen molar-refractivity contribution < 1.29 is 4.79 Å². The van der Waals surface area contributed by atoms with Crippen molar-refractivity contribution in [2.75, 3.05) is 23.9 Å². The largest absolute Gasteiger partial charge is 0.382 e. The lowest BCUT2D eigenvalue weighted by Crippen LogP contribution is -2.27. The van der Waals surface area contributed by atoms with Crippen molar-refractivity contribution in [3.8, 4) is 11.3 Å². The fraction of sp³-hybridized carbons (Fsp3) is 0.350. The number of anilines is 1. The first-order valence-corrected chi connectivity index (χ1v) is 10.5. The summed E-state index contributed by atoms with van der Waals surface area (Å²) in [6.07, 6.45) is 7.26. The molecule has 2 N–H and O–H groups in total. The molecule has 1 saturated heterocycles. The Morgan fingerprint density at radius 2 is 2.04 bits per heavy atom. The molecule has 0 spiro atoms. The number of carbonyl (C=O) groups is 1. The average Bonchev–Trinajstić information content (AvgIpc) is 3.30. The molecule has 1 aromatic carbocycles. The van der Waals surface area contributed by atoms with Gasteiger partial charge in [-0.15, -0.1) is 11.8 Å². The SMILES string of the molecule is Nc1nccn2c(C3CCC3)nc(-c3ccc(C(=O)N4CCSC4)cc3)c12. The predicted molar refractivity (Wildman–Crippen MR) is 108 cm³/mol. The number of aromatic nitrogens is 3. The highest BCUT2D eigenvalue weighted by Crippen LogP contribution is 2.39. The van der Waals surface area contributed by atoms with Gasteiger partial charge in [0, 0.05) is 41.7 Å². The van der Waals surface area contributed by atoms with Crippen LogP contribution in [0.3, 0.4) is 0 Å². The molecule has 27 heavy (non-hydrogen) atoms. The standard InChI is InChI=1S/C20H21N5OS/c21-18-17-16(23-19(14-2-1-3-14)25(17)9-8-22-18)13-4-6-15(7-5-13)20(26)24-10-11-27-12-24/h4-9,14H,1-3,10-12H2,(H2,21,22). The molecule has 138 valence electrons. The van der Waals surface area contributed by atoms with Gasteiger partial charge in [-0.1, -0.05) is 18.6 Å². The Morgan fingerprint density at radius 3 is 2.70 bits per heavy atom. The third-order valence-electron chi connectivity index (χ3n) is 5.53. The van der Waals surface area contributed by atoms with E-state index in [1.54, 1.807) is 18.0 Å². The van der Waals surface area contributed by atoms with E-state index in [2.05, 4.69) is 9.38 Å². The van der Waals surface area contributed by atoms with Crippen LogP contribution in [0.5, 0.6) is 0 Å². The van der Waals surface area contributed by atoms with E-state index in [9.17, 15) is 4.79 Å². The summed E-state index contributed by atoms with van der Waals surface area (Å²) in [6.45, 7) is 0.823. The van der Waals surface area contributed by atoms with Gasteiger partial charge in [0.2, 0.25) is 0 Å². The molecule has 7 heteroatoms. The van der Waals surface area contributed by atoms with Gasteiger partial charge in [-0.25, -0.2) is 9.97 Å². The molecule has 1 aliphatic heterocycles. The molecule has 2 aliphatic rings. The summed E-state index contributed by atoms with van der Waals surface area (Å²) in [7, 11) is 0. The van der Waals surface area contributed by atoms with Crippen LogP contribution in [0.1, 0.15) is 41.4 Å². The van der Waals surface area contributed by atoms with Gasteiger partial charge < -0.3 is 10.6 Å². The van der Waals surface area contributed by atoms with Crippen LogP contribution in [0.2, 0.25) is 0 Å². The highest BCUT2D eigenvalue weighted by molar-refractivity contribution is 7.99. The van der Waals surface area contributed by atoms with Crippen LogP contribution in [-0.4, -0.2) is 43.4 Å². The lowest BCUT2D eigenvalue weighted by Gasteiger charge is -2.23. The van der Waals surface area contributed by atoms with Gasteiger partial charge in [0.1, 0.15) is 22.9 Å². The molecule has 1 saturated carbocycles. The Kier molecular flexibility index (Phi) is 4.04. The van der Waals surface area contributed by atoms with Crippen LogP contribution in [0.25, 0.3) is 16.8 Å². The maximum Gasteiger partial charge on any atom is 0.254 e. The molecule has 3 aromatic rings. The first kappa shape index (κ1) is 16.6. The monoisotopic (exact) mass is 379 g/mol. The number of hydrogen-bond donors (Lipinski definition) is 1. The maximum absolute atomic E-state index is 12.6. The van der Waals surface area contributed by atoms with E-state index in [1.165, 1.54) is 19.3 Å². The fourth-order valence-electron chi connectivity index (χ4n) is 3.77. The normalized spacial score (nSPS) is 17.4. The summed E-state index contributed by atoms with van der Waals surface area (Å²) in [5, 5.41) is 0. The van der Waals surface area contributed by atoms with Crippen LogP contribution in [0.4, 0.5) is 5.82 Å². The molecule has 0 bridgehead atoms. The number of thioether (sulfide) groups is 1. The van der Waals surface area contributed by atoms with Crippen molar-refractivity contribution in [2.24, 2.45) is 0 Å². The number of nitrogen functional groups attached to an aromatic ring is 1. The molecule has 0 unspecified atom stereocenters. The second-order valence-electron chi connectivity index (χ2n) is 7.16. The number of fused-ring (bicyclic) bond motifs is 1. The minimum atomic E-state index is 0.0950. The van der Waals surface area contributed by atoms with Gasteiger partial charge in [0.15, 0.2) is 0 Å². The third-order valence-corrected chi connectivity index (χ3v) is 6.49. The Morgan fingerprint density at radius 1 is 1.22 bits per heavy atom. The number of imidazole rings is 1. The molecule has 0 radical (unpaired) electrons. The Labute approximate surface area is 161 Å². The zero-order valence-corrected chi connectivity index (χ0v) is 15.8. The van der Waals surface area contributed by atoms with E-state index in [-0.39, 0.29) is 5.91 Å². The number of hydrogen-bond acceptors (Lipinski definition) is 5. The second kappa shape index (κ2) is 6.56. The van der Waals surface area contributed by atoms with Crippen LogP contribution < -0.4 is 5.73 Å². The Balaban J connectivity index is 1.54. The summed E-state index contributed by atoms with van der Waals surface area (Å²) >= 11 is 1.79. The zero-order valence-electron chi connectivity index (χ0n) is 15.0. The van der Waals surface area contributed by atoms with Crippen LogP contribution in [0.15, 0.2) is 36.7 Å². The van der Waals surface area contributed by atoms with Gasteiger partial charge in [-0.2, -0.15) is 0 Å². The first-order chi connectivity index (χ1) is 13.2. The number of nitrogens with two attached hydrogens (primary N) is 1. The number of carbonyl (C=O) groups excluding carboxylic acids is 1. The summed E-state index contributed by atoms with van der Waals surface area (Å²) in [5.74, 6) is 3.92. The van der Waals surface area contributed by atoms with Gasteiger partial charge >= 0.3 is 0 Å². The van der Waals surface area contributed by atoms with E-state index in [1.807, 2.05) is 35.4 Å². The minimum Gasteiger partial charge on any atom is -0.382 e. The van der Waals surface area contributed by atoms with Crippen molar-refractivity contribution >= 4 is 29.0 Å². The molecule has 2 aromatic heterocycles. The fourth-order valence-corrected chi connectivity index (χ4v) is 4.72. The van der Waals surface area contributed by atoms with Crippen molar-refractivity contribution in [1.82, 2.24) is 19.3 Å². The summed E-state index contributed by atoms with van der Waals surface area (Å²) < 4.78 is 2.09. The molecule has 0 atom stereocenters. The highest BCUT2D eigenvalue weighted by Gasteiger charge is 2.27. The quantitative estimate of drug-likeness (QED) is 0.755. The smallest absolute Gasteiger partial charge is 0.254 e.